The lowest BCUT2D eigenvalue weighted by Gasteiger charge is -2.23. The van der Waals surface area contributed by atoms with Crippen LogP contribution >= 0.6 is 0 Å². The third-order valence-corrected chi connectivity index (χ3v) is 3.04. The van der Waals surface area contributed by atoms with Crippen LogP contribution in [0.15, 0.2) is 18.2 Å². The van der Waals surface area contributed by atoms with Crippen molar-refractivity contribution in [3.05, 3.63) is 29.8 Å². The Bertz CT molecular complexity index is 433. The predicted octanol–water partition coefficient (Wildman–Crippen LogP) is 2.26. The summed E-state index contributed by atoms with van der Waals surface area (Å²) < 4.78 is 30.7. The summed E-state index contributed by atoms with van der Waals surface area (Å²) in [4.78, 5) is 11.5. The van der Waals surface area contributed by atoms with Gasteiger partial charge in [-0.3, -0.25) is 4.79 Å². The smallest absolute Gasteiger partial charge is 0.223 e. The molecule has 18 heavy (non-hydrogen) atoms. The molecule has 1 aromatic carbocycles. The van der Waals surface area contributed by atoms with Crippen molar-refractivity contribution in [2.45, 2.75) is 19.3 Å². The van der Waals surface area contributed by atoms with Crippen molar-refractivity contribution in [1.29, 1.82) is 0 Å². The molecule has 98 valence electrons. The van der Waals surface area contributed by atoms with E-state index in [1.807, 2.05) is 0 Å². The van der Waals surface area contributed by atoms with E-state index in [2.05, 4.69) is 5.32 Å². The molecule has 0 radical (unpaired) electrons. The fourth-order valence-corrected chi connectivity index (χ4v) is 1.72. The number of rotatable bonds is 5. The van der Waals surface area contributed by atoms with Gasteiger partial charge in [0.25, 0.3) is 0 Å². The Morgan fingerprint density at radius 3 is 2.72 bits per heavy atom. The van der Waals surface area contributed by atoms with Crippen molar-refractivity contribution < 1.29 is 18.3 Å². The molecule has 3 nitrogen and oxygen atoms in total. The molecule has 1 aliphatic rings. The molecule has 0 aromatic heterocycles. The Kier molecular flexibility index (Phi) is 4.12. The van der Waals surface area contributed by atoms with Crippen LogP contribution in [0.2, 0.25) is 0 Å². The monoisotopic (exact) mass is 255 g/mol. The van der Waals surface area contributed by atoms with Crippen LogP contribution in [0.25, 0.3) is 0 Å². The molecule has 0 spiro atoms. The molecular weight excluding hydrogens is 240 g/mol. The highest BCUT2D eigenvalue weighted by atomic mass is 19.2. The van der Waals surface area contributed by atoms with Crippen LogP contribution < -0.4 is 10.1 Å². The van der Waals surface area contributed by atoms with Gasteiger partial charge in [-0.1, -0.05) is 6.42 Å². The first-order valence-electron chi connectivity index (χ1n) is 6.02. The summed E-state index contributed by atoms with van der Waals surface area (Å²) in [6, 6.07) is 3.35. The molecule has 1 fully saturated rings. The van der Waals surface area contributed by atoms with Gasteiger partial charge in [0.2, 0.25) is 5.91 Å². The van der Waals surface area contributed by atoms with Gasteiger partial charge in [-0.25, -0.2) is 8.78 Å². The zero-order valence-corrected chi connectivity index (χ0v) is 9.92. The van der Waals surface area contributed by atoms with Crippen molar-refractivity contribution in [3.8, 4) is 5.75 Å². The van der Waals surface area contributed by atoms with Gasteiger partial charge in [-0.15, -0.1) is 0 Å². The molecule has 0 heterocycles. The van der Waals surface area contributed by atoms with E-state index < -0.39 is 11.6 Å². The number of amides is 1. The summed E-state index contributed by atoms with van der Waals surface area (Å²) in [5, 5.41) is 2.75. The number of nitrogens with one attached hydrogen (secondary N) is 1. The number of hydrogen-bond acceptors (Lipinski definition) is 2. The van der Waals surface area contributed by atoms with E-state index >= 15 is 0 Å². The van der Waals surface area contributed by atoms with Gasteiger partial charge in [0, 0.05) is 12.0 Å². The predicted molar refractivity (Wildman–Crippen MR) is 62.2 cm³/mol. The van der Waals surface area contributed by atoms with Gasteiger partial charge >= 0.3 is 0 Å². The topological polar surface area (TPSA) is 38.3 Å². The van der Waals surface area contributed by atoms with Crippen LogP contribution in [0.4, 0.5) is 8.78 Å². The van der Waals surface area contributed by atoms with Crippen LogP contribution in [0.1, 0.15) is 19.3 Å². The Morgan fingerprint density at radius 1 is 1.33 bits per heavy atom. The number of benzene rings is 1. The fraction of sp³-hybridized carbons (Fsp3) is 0.462. The van der Waals surface area contributed by atoms with Crippen molar-refractivity contribution in [1.82, 2.24) is 5.32 Å². The summed E-state index contributed by atoms with van der Waals surface area (Å²) in [7, 11) is 0. The molecular formula is C13H15F2NO2. The zero-order chi connectivity index (χ0) is 13.0. The Balaban J connectivity index is 1.68. The van der Waals surface area contributed by atoms with E-state index in [1.165, 1.54) is 6.07 Å². The van der Waals surface area contributed by atoms with E-state index in [0.717, 1.165) is 31.4 Å². The van der Waals surface area contributed by atoms with Gasteiger partial charge < -0.3 is 10.1 Å². The lowest BCUT2D eigenvalue weighted by molar-refractivity contribution is -0.127. The molecule has 1 saturated carbocycles. The fourth-order valence-electron chi connectivity index (χ4n) is 1.72. The molecule has 0 aliphatic heterocycles. The first kappa shape index (κ1) is 12.8. The maximum atomic E-state index is 12.9. The third-order valence-electron chi connectivity index (χ3n) is 3.04. The average Bonchev–Trinajstić information content (AvgIpc) is 2.27. The molecule has 0 bridgehead atoms. The molecule has 2 rings (SSSR count). The molecule has 1 aliphatic carbocycles. The molecule has 1 aromatic rings. The summed E-state index contributed by atoms with van der Waals surface area (Å²) >= 11 is 0. The lowest BCUT2D eigenvalue weighted by atomic mass is 9.85. The molecule has 0 saturated heterocycles. The summed E-state index contributed by atoms with van der Waals surface area (Å²) in [6.07, 6.45) is 3.02. The van der Waals surface area contributed by atoms with E-state index in [9.17, 15) is 13.6 Å². The molecule has 1 N–H and O–H groups in total. The van der Waals surface area contributed by atoms with E-state index in [1.54, 1.807) is 0 Å². The van der Waals surface area contributed by atoms with Gasteiger partial charge in [0.05, 0.1) is 6.54 Å². The molecule has 0 unspecified atom stereocenters. The van der Waals surface area contributed by atoms with Crippen LogP contribution in [0, 0.1) is 17.6 Å². The highest BCUT2D eigenvalue weighted by molar-refractivity contribution is 5.79. The Labute approximate surface area is 104 Å². The van der Waals surface area contributed by atoms with E-state index in [0.29, 0.717) is 6.54 Å². The average molecular weight is 255 g/mol. The second-order valence-electron chi connectivity index (χ2n) is 4.34. The summed E-state index contributed by atoms with van der Waals surface area (Å²) in [6.45, 7) is 0.609. The summed E-state index contributed by atoms with van der Waals surface area (Å²) in [5.41, 5.74) is 0. The highest BCUT2D eigenvalue weighted by Crippen LogP contribution is 2.26. The minimum Gasteiger partial charge on any atom is -0.492 e. The molecule has 5 heteroatoms. The van der Waals surface area contributed by atoms with Crippen molar-refractivity contribution in [2.75, 3.05) is 13.2 Å². The number of carbonyl (C=O) groups is 1. The summed E-state index contributed by atoms with van der Waals surface area (Å²) in [5.74, 6) is -1.39. The number of carbonyl (C=O) groups excluding carboxylic acids is 1. The molecule has 1 amide bonds. The van der Waals surface area contributed by atoms with Crippen LogP contribution in [-0.4, -0.2) is 19.1 Å². The third kappa shape index (κ3) is 3.18. The minimum atomic E-state index is -0.939. The second-order valence-corrected chi connectivity index (χ2v) is 4.34. The van der Waals surface area contributed by atoms with Crippen molar-refractivity contribution in [3.63, 3.8) is 0 Å². The zero-order valence-electron chi connectivity index (χ0n) is 9.92. The van der Waals surface area contributed by atoms with E-state index in [-0.39, 0.29) is 24.2 Å². The minimum absolute atomic E-state index is 0.0511. The largest absolute Gasteiger partial charge is 0.492 e. The van der Waals surface area contributed by atoms with Crippen molar-refractivity contribution in [2.24, 2.45) is 5.92 Å². The number of halogens is 2. The van der Waals surface area contributed by atoms with Crippen LogP contribution in [0.5, 0.6) is 5.75 Å². The Morgan fingerprint density at radius 2 is 2.11 bits per heavy atom. The standard InChI is InChI=1S/C13H15F2NO2/c14-11-5-4-10(8-12(11)15)18-7-6-16-13(17)9-2-1-3-9/h4-5,8-9H,1-3,6-7H2,(H,16,17). The van der Waals surface area contributed by atoms with Gasteiger partial charge in [0.15, 0.2) is 11.6 Å². The molecule has 0 atom stereocenters. The number of hydrogen-bond donors (Lipinski definition) is 1. The maximum absolute atomic E-state index is 12.9. The van der Waals surface area contributed by atoms with E-state index in [4.69, 9.17) is 4.74 Å². The van der Waals surface area contributed by atoms with Gasteiger partial charge in [-0.2, -0.15) is 0 Å². The second kappa shape index (κ2) is 5.80. The lowest BCUT2D eigenvalue weighted by Crippen LogP contribution is -2.36. The van der Waals surface area contributed by atoms with Crippen LogP contribution in [0.3, 0.4) is 0 Å². The Hall–Kier alpha value is -1.65. The van der Waals surface area contributed by atoms with Crippen LogP contribution in [-0.2, 0) is 4.79 Å². The van der Waals surface area contributed by atoms with Crippen molar-refractivity contribution >= 4 is 5.91 Å². The van der Waals surface area contributed by atoms with Gasteiger partial charge in [0.1, 0.15) is 12.4 Å². The quantitative estimate of drug-likeness (QED) is 0.820. The SMILES string of the molecule is O=C(NCCOc1ccc(F)c(F)c1)C1CCC1. The number of ether oxygens (including phenoxy) is 1. The first-order chi connectivity index (χ1) is 8.66. The maximum Gasteiger partial charge on any atom is 0.223 e. The normalized spacial score (nSPS) is 15.0. The first-order valence-corrected chi connectivity index (χ1v) is 6.02. The van der Waals surface area contributed by atoms with Gasteiger partial charge in [-0.05, 0) is 25.0 Å². The highest BCUT2D eigenvalue weighted by Gasteiger charge is 2.24.